The fourth-order valence-electron chi connectivity index (χ4n) is 3.58. The van der Waals surface area contributed by atoms with Crippen LogP contribution >= 0.6 is 0 Å². The van der Waals surface area contributed by atoms with Crippen molar-refractivity contribution in [2.24, 2.45) is 0 Å². The molecule has 0 atom stereocenters. The van der Waals surface area contributed by atoms with Crippen LogP contribution in [0.4, 0.5) is 0 Å². The van der Waals surface area contributed by atoms with Crippen LogP contribution in [0.15, 0.2) is 0 Å². The van der Waals surface area contributed by atoms with Crippen LogP contribution in [-0.4, -0.2) is 58.6 Å². The van der Waals surface area contributed by atoms with E-state index in [1.807, 2.05) is 0 Å². The third kappa shape index (κ3) is 92.3. The predicted octanol–water partition coefficient (Wildman–Crippen LogP) is 9.74. The predicted molar refractivity (Wildman–Crippen MR) is 179 cm³/mol. The molecule has 0 bridgehead atoms. The van der Waals surface area contributed by atoms with E-state index in [-0.39, 0.29) is 22.4 Å². The van der Waals surface area contributed by atoms with Crippen molar-refractivity contribution >= 4 is 0 Å². The summed E-state index contributed by atoms with van der Waals surface area (Å²) in [6.07, 6.45) is 30.4. The maximum atomic E-state index is 8.37. The van der Waals surface area contributed by atoms with E-state index in [0.717, 1.165) is 32.1 Å². The molecule has 5 N–H and O–H groups in total. The molecule has 0 aromatic heterocycles. The number of rotatable bonds is 25. The van der Waals surface area contributed by atoms with Gasteiger partial charge < -0.3 is 25.5 Å². The second-order valence-corrected chi connectivity index (χ2v) is 10.7. The zero-order valence-electron chi connectivity index (χ0n) is 28.9. The molecule has 0 unspecified atom stereocenters. The van der Waals surface area contributed by atoms with Crippen molar-refractivity contribution in [2.75, 3.05) is 33.0 Å². The molecule has 255 valence electrons. The quantitative estimate of drug-likeness (QED) is 0.0491. The molecule has 1 radical (unpaired) electrons. The summed E-state index contributed by atoms with van der Waals surface area (Å²) >= 11 is 0. The fourth-order valence-corrected chi connectivity index (χ4v) is 3.58. The Labute approximate surface area is 275 Å². The summed E-state index contributed by atoms with van der Waals surface area (Å²) in [5.74, 6) is 0. The van der Waals surface area contributed by atoms with Gasteiger partial charge in [-0.2, -0.15) is 0 Å². The number of aliphatic hydroxyl groups excluding tert-OH is 5. The standard InChI is InChI=1S/5C7H16O.Nb/c5*1-2-3-4-5-6-7-8;/h5*8H,2-7H2,1H3;. The summed E-state index contributed by atoms with van der Waals surface area (Å²) in [5, 5.41) is 41.8. The van der Waals surface area contributed by atoms with Gasteiger partial charge in [-0.3, -0.25) is 0 Å². The van der Waals surface area contributed by atoms with Crippen LogP contribution < -0.4 is 0 Å². The van der Waals surface area contributed by atoms with Gasteiger partial charge in [0.05, 0.1) is 0 Å². The normalized spacial score (nSPS) is 9.51. The first-order valence-corrected chi connectivity index (χ1v) is 17.6. The number of hydrogen-bond donors (Lipinski definition) is 5. The van der Waals surface area contributed by atoms with Gasteiger partial charge in [0.1, 0.15) is 0 Å². The molecule has 5 nitrogen and oxygen atoms in total. The van der Waals surface area contributed by atoms with Gasteiger partial charge in [0.15, 0.2) is 0 Å². The smallest absolute Gasteiger partial charge is 0.0431 e. The molecular formula is C35H80NbO5. The number of hydrogen-bond acceptors (Lipinski definition) is 5. The third-order valence-electron chi connectivity index (χ3n) is 6.31. The maximum Gasteiger partial charge on any atom is 0.0431 e. The van der Waals surface area contributed by atoms with Gasteiger partial charge in [0.2, 0.25) is 0 Å². The molecular weight excluding hydrogens is 593 g/mol. The minimum Gasteiger partial charge on any atom is -0.396 e. The van der Waals surface area contributed by atoms with Crippen LogP contribution in [0.25, 0.3) is 0 Å². The van der Waals surface area contributed by atoms with Gasteiger partial charge in [-0.05, 0) is 32.1 Å². The first kappa shape index (κ1) is 54.1. The van der Waals surface area contributed by atoms with Gasteiger partial charge in [-0.15, -0.1) is 0 Å². The summed E-state index contributed by atoms with van der Waals surface area (Å²) in [7, 11) is 0. The average Bonchev–Trinajstić information content (AvgIpc) is 2.98. The topological polar surface area (TPSA) is 101 Å². The largest absolute Gasteiger partial charge is 0.396 e. The van der Waals surface area contributed by atoms with Crippen LogP contribution in [0.5, 0.6) is 0 Å². The Morgan fingerprint density at radius 1 is 0.220 bits per heavy atom. The number of unbranched alkanes of at least 4 members (excludes halogenated alkanes) is 20. The molecule has 0 saturated heterocycles. The molecule has 0 aliphatic heterocycles. The van der Waals surface area contributed by atoms with Crippen molar-refractivity contribution in [1.82, 2.24) is 0 Å². The van der Waals surface area contributed by atoms with Crippen LogP contribution in [-0.2, 0) is 22.4 Å². The Kier molecular flexibility index (Phi) is 89.6. The minimum atomic E-state index is 0. The molecule has 0 aromatic rings. The Morgan fingerprint density at radius 2 is 0.341 bits per heavy atom. The maximum absolute atomic E-state index is 8.37. The molecule has 0 amide bonds. The summed E-state index contributed by atoms with van der Waals surface area (Å²) in [5.41, 5.74) is 0. The summed E-state index contributed by atoms with van der Waals surface area (Å²) < 4.78 is 0. The Hall–Kier alpha value is 0.540. The second-order valence-electron chi connectivity index (χ2n) is 10.7. The van der Waals surface area contributed by atoms with E-state index >= 15 is 0 Å². The summed E-state index contributed by atoms with van der Waals surface area (Å²) in [6, 6.07) is 0. The average molecular weight is 674 g/mol. The van der Waals surface area contributed by atoms with E-state index in [1.165, 1.54) is 128 Å². The van der Waals surface area contributed by atoms with Crippen molar-refractivity contribution in [3.63, 3.8) is 0 Å². The first-order valence-electron chi connectivity index (χ1n) is 17.6. The van der Waals surface area contributed by atoms with Crippen molar-refractivity contribution in [3.05, 3.63) is 0 Å². The summed E-state index contributed by atoms with van der Waals surface area (Å²) in [4.78, 5) is 0. The Balaban J connectivity index is -0.0000000928. The molecule has 0 fully saturated rings. The van der Waals surface area contributed by atoms with E-state index in [0.29, 0.717) is 33.0 Å². The van der Waals surface area contributed by atoms with Gasteiger partial charge in [-0.1, -0.05) is 163 Å². The Morgan fingerprint density at radius 3 is 0.439 bits per heavy atom. The van der Waals surface area contributed by atoms with E-state index in [2.05, 4.69) is 34.6 Å². The van der Waals surface area contributed by atoms with Gasteiger partial charge in [0, 0.05) is 55.4 Å². The molecule has 0 rings (SSSR count). The minimum absolute atomic E-state index is 0. The van der Waals surface area contributed by atoms with E-state index in [9.17, 15) is 0 Å². The van der Waals surface area contributed by atoms with Crippen molar-refractivity contribution < 1.29 is 47.9 Å². The first-order chi connectivity index (χ1) is 19.6. The molecule has 0 aromatic carbocycles. The van der Waals surface area contributed by atoms with Crippen molar-refractivity contribution in [1.29, 1.82) is 0 Å². The zero-order valence-corrected chi connectivity index (χ0v) is 31.1. The SMILES string of the molecule is CCCCCCCO.CCCCCCCO.CCCCCCCO.CCCCCCCO.CCCCCCCO.[Nb]. The number of aliphatic hydroxyl groups is 5. The van der Waals surface area contributed by atoms with Gasteiger partial charge >= 0.3 is 0 Å². The summed E-state index contributed by atoms with van der Waals surface area (Å²) in [6.45, 7) is 12.8. The third-order valence-corrected chi connectivity index (χ3v) is 6.31. The zero-order chi connectivity index (χ0) is 31.2. The van der Waals surface area contributed by atoms with E-state index in [4.69, 9.17) is 25.5 Å². The van der Waals surface area contributed by atoms with E-state index < -0.39 is 0 Å². The van der Waals surface area contributed by atoms with E-state index in [1.54, 1.807) is 0 Å². The molecule has 0 aliphatic carbocycles. The van der Waals surface area contributed by atoms with Crippen molar-refractivity contribution in [3.8, 4) is 0 Å². The fraction of sp³-hybridized carbons (Fsp3) is 1.00. The van der Waals surface area contributed by atoms with Crippen LogP contribution in [0.3, 0.4) is 0 Å². The molecule has 0 saturated carbocycles. The molecule has 0 heterocycles. The van der Waals surface area contributed by atoms with Crippen LogP contribution in [0.1, 0.15) is 195 Å². The molecule has 0 aliphatic rings. The van der Waals surface area contributed by atoms with Gasteiger partial charge in [-0.25, -0.2) is 0 Å². The van der Waals surface area contributed by atoms with Crippen LogP contribution in [0, 0.1) is 0 Å². The molecule has 6 heteroatoms. The Bertz CT molecular complexity index is 223. The van der Waals surface area contributed by atoms with Crippen LogP contribution in [0.2, 0.25) is 0 Å². The molecule has 41 heavy (non-hydrogen) atoms. The monoisotopic (exact) mass is 674 g/mol. The van der Waals surface area contributed by atoms with Crippen molar-refractivity contribution in [2.45, 2.75) is 195 Å². The molecule has 0 spiro atoms. The van der Waals surface area contributed by atoms with Gasteiger partial charge in [0.25, 0.3) is 0 Å². The second kappa shape index (κ2) is 68.0.